The first kappa shape index (κ1) is 10.1. The average molecular weight is 248 g/mol. The van der Waals surface area contributed by atoms with Crippen molar-refractivity contribution in [3.63, 3.8) is 0 Å². The SMILES string of the molecule is CCCc1nc2c(Cl)nc(Cl)nc2s1. The van der Waals surface area contributed by atoms with Gasteiger partial charge in [-0.1, -0.05) is 29.9 Å². The minimum Gasteiger partial charge on any atom is -0.236 e. The zero-order valence-corrected chi connectivity index (χ0v) is 9.75. The lowest BCUT2D eigenvalue weighted by molar-refractivity contribution is 0.912. The maximum atomic E-state index is 5.88. The van der Waals surface area contributed by atoms with Crippen LogP contribution in [0.25, 0.3) is 10.3 Å². The summed E-state index contributed by atoms with van der Waals surface area (Å²) < 4.78 is 0. The Morgan fingerprint density at radius 1 is 1.21 bits per heavy atom. The van der Waals surface area contributed by atoms with Crippen molar-refractivity contribution in [2.75, 3.05) is 0 Å². The van der Waals surface area contributed by atoms with Crippen LogP contribution >= 0.6 is 34.5 Å². The Morgan fingerprint density at radius 3 is 2.71 bits per heavy atom. The average Bonchev–Trinajstić information content (AvgIpc) is 2.48. The molecule has 74 valence electrons. The summed E-state index contributed by atoms with van der Waals surface area (Å²) in [5.74, 6) is 0. The number of aromatic nitrogens is 3. The van der Waals surface area contributed by atoms with Crippen LogP contribution in [0.15, 0.2) is 0 Å². The zero-order valence-electron chi connectivity index (χ0n) is 7.42. The minimum absolute atomic E-state index is 0.175. The van der Waals surface area contributed by atoms with E-state index in [2.05, 4.69) is 21.9 Å². The molecule has 14 heavy (non-hydrogen) atoms. The standard InChI is InChI=1S/C8H7Cl2N3S/c1-2-3-4-11-5-6(9)12-8(10)13-7(5)14-4/h2-3H2,1H3. The summed E-state index contributed by atoms with van der Waals surface area (Å²) in [6.07, 6.45) is 1.99. The maximum Gasteiger partial charge on any atom is 0.225 e. The Kier molecular flexibility index (Phi) is 2.85. The van der Waals surface area contributed by atoms with Crippen LogP contribution in [-0.2, 0) is 6.42 Å². The lowest BCUT2D eigenvalue weighted by Gasteiger charge is -1.90. The van der Waals surface area contributed by atoms with Crippen molar-refractivity contribution in [2.24, 2.45) is 0 Å². The van der Waals surface area contributed by atoms with Crippen LogP contribution in [0.4, 0.5) is 0 Å². The Morgan fingerprint density at radius 2 is 2.00 bits per heavy atom. The number of rotatable bonds is 2. The third-order valence-electron chi connectivity index (χ3n) is 1.70. The second-order valence-electron chi connectivity index (χ2n) is 2.79. The quantitative estimate of drug-likeness (QED) is 0.604. The summed E-state index contributed by atoms with van der Waals surface area (Å²) in [6, 6.07) is 0. The Hall–Kier alpha value is -0.450. The Balaban J connectivity index is 2.58. The van der Waals surface area contributed by atoms with Gasteiger partial charge in [0.1, 0.15) is 10.3 Å². The largest absolute Gasteiger partial charge is 0.236 e. The molecule has 0 atom stereocenters. The number of nitrogens with zero attached hydrogens (tertiary/aromatic N) is 3. The van der Waals surface area contributed by atoms with E-state index in [1.54, 1.807) is 0 Å². The minimum atomic E-state index is 0.175. The molecule has 0 aliphatic rings. The molecule has 0 unspecified atom stereocenters. The third-order valence-corrected chi connectivity index (χ3v) is 3.14. The number of hydrogen-bond acceptors (Lipinski definition) is 4. The van der Waals surface area contributed by atoms with Gasteiger partial charge in [-0.2, -0.15) is 0 Å². The molecule has 0 aliphatic carbocycles. The van der Waals surface area contributed by atoms with Gasteiger partial charge in [-0.05, 0) is 24.4 Å². The summed E-state index contributed by atoms with van der Waals surface area (Å²) in [6.45, 7) is 2.10. The molecular weight excluding hydrogens is 241 g/mol. The second kappa shape index (κ2) is 3.96. The van der Waals surface area contributed by atoms with E-state index in [9.17, 15) is 0 Å². The molecule has 2 heterocycles. The highest BCUT2D eigenvalue weighted by Gasteiger charge is 2.10. The highest BCUT2D eigenvalue weighted by molar-refractivity contribution is 7.18. The van der Waals surface area contributed by atoms with Crippen LogP contribution in [0.3, 0.4) is 0 Å². The number of thiazole rings is 1. The Bertz CT molecular complexity index is 469. The highest BCUT2D eigenvalue weighted by atomic mass is 35.5. The monoisotopic (exact) mass is 247 g/mol. The zero-order chi connectivity index (χ0) is 10.1. The van der Waals surface area contributed by atoms with Gasteiger partial charge < -0.3 is 0 Å². The topological polar surface area (TPSA) is 38.7 Å². The van der Waals surface area contributed by atoms with Crippen molar-refractivity contribution in [2.45, 2.75) is 19.8 Å². The molecule has 2 rings (SSSR count). The second-order valence-corrected chi connectivity index (χ2v) is 4.55. The maximum absolute atomic E-state index is 5.88. The predicted molar refractivity (Wildman–Crippen MR) is 59.2 cm³/mol. The summed E-state index contributed by atoms with van der Waals surface area (Å²) in [4.78, 5) is 13.0. The number of fused-ring (bicyclic) bond motifs is 1. The Labute approximate surface area is 95.1 Å². The molecule has 3 nitrogen and oxygen atoms in total. The van der Waals surface area contributed by atoms with Gasteiger partial charge >= 0.3 is 0 Å². The van der Waals surface area contributed by atoms with Gasteiger partial charge in [-0.3, -0.25) is 0 Å². The van der Waals surface area contributed by atoms with Gasteiger partial charge in [0.05, 0.1) is 5.01 Å². The van der Waals surface area contributed by atoms with E-state index >= 15 is 0 Å². The van der Waals surface area contributed by atoms with Crippen molar-refractivity contribution in [3.05, 3.63) is 15.4 Å². The molecule has 0 saturated carbocycles. The van der Waals surface area contributed by atoms with Gasteiger partial charge in [0.15, 0.2) is 5.15 Å². The molecule has 2 aromatic heterocycles. The molecule has 2 aromatic rings. The van der Waals surface area contributed by atoms with E-state index in [0.717, 1.165) is 22.7 Å². The molecule has 0 N–H and O–H groups in total. The summed E-state index contributed by atoms with van der Waals surface area (Å²) in [5.41, 5.74) is 0.657. The van der Waals surface area contributed by atoms with Crippen LogP contribution < -0.4 is 0 Å². The van der Waals surface area contributed by atoms with Crippen LogP contribution in [0, 0.1) is 0 Å². The molecule has 0 aliphatic heterocycles. The third kappa shape index (κ3) is 1.82. The molecule has 0 amide bonds. The molecule has 0 bridgehead atoms. The van der Waals surface area contributed by atoms with Crippen LogP contribution in [0.2, 0.25) is 10.4 Å². The van der Waals surface area contributed by atoms with Gasteiger partial charge in [0.2, 0.25) is 5.28 Å². The van der Waals surface area contributed by atoms with Crippen molar-refractivity contribution in [3.8, 4) is 0 Å². The normalized spacial score (nSPS) is 11.1. The van der Waals surface area contributed by atoms with Crippen molar-refractivity contribution < 1.29 is 0 Å². The molecule has 0 spiro atoms. The molecule has 0 aromatic carbocycles. The van der Waals surface area contributed by atoms with E-state index < -0.39 is 0 Å². The molecule has 0 radical (unpaired) electrons. The molecular formula is C8H7Cl2N3S. The summed E-state index contributed by atoms with van der Waals surface area (Å²) in [5, 5.41) is 1.54. The fourth-order valence-corrected chi connectivity index (χ4v) is 2.70. The summed E-state index contributed by atoms with van der Waals surface area (Å²) in [7, 11) is 0. The first-order valence-corrected chi connectivity index (χ1v) is 5.76. The lowest BCUT2D eigenvalue weighted by atomic mass is 10.4. The van der Waals surface area contributed by atoms with Crippen molar-refractivity contribution in [1.82, 2.24) is 15.0 Å². The molecule has 0 fully saturated rings. The number of aryl methyl sites for hydroxylation is 1. The van der Waals surface area contributed by atoms with Gasteiger partial charge in [-0.15, -0.1) is 0 Å². The summed E-state index contributed by atoms with van der Waals surface area (Å²) >= 11 is 13.1. The van der Waals surface area contributed by atoms with Gasteiger partial charge in [0.25, 0.3) is 0 Å². The van der Waals surface area contributed by atoms with E-state index in [1.807, 2.05) is 0 Å². The number of hydrogen-bond donors (Lipinski definition) is 0. The first-order valence-electron chi connectivity index (χ1n) is 4.19. The van der Waals surface area contributed by atoms with E-state index in [-0.39, 0.29) is 5.28 Å². The van der Waals surface area contributed by atoms with Crippen LogP contribution in [-0.4, -0.2) is 15.0 Å². The van der Waals surface area contributed by atoms with E-state index in [4.69, 9.17) is 23.2 Å². The molecule has 0 saturated heterocycles. The van der Waals surface area contributed by atoms with E-state index in [0.29, 0.717) is 10.7 Å². The smallest absolute Gasteiger partial charge is 0.225 e. The van der Waals surface area contributed by atoms with Crippen molar-refractivity contribution >= 4 is 44.9 Å². The fourth-order valence-electron chi connectivity index (χ4n) is 1.13. The van der Waals surface area contributed by atoms with Gasteiger partial charge in [-0.25, -0.2) is 15.0 Å². The van der Waals surface area contributed by atoms with Crippen LogP contribution in [0.5, 0.6) is 0 Å². The van der Waals surface area contributed by atoms with Gasteiger partial charge in [0, 0.05) is 0 Å². The van der Waals surface area contributed by atoms with E-state index in [1.165, 1.54) is 11.3 Å². The lowest BCUT2D eigenvalue weighted by Crippen LogP contribution is -1.84. The first-order chi connectivity index (χ1) is 6.70. The fraction of sp³-hybridized carbons (Fsp3) is 0.375. The molecule has 6 heteroatoms. The number of halogens is 2. The van der Waals surface area contributed by atoms with Crippen LogP contribution in [0.1, 0.15) is 18.4 Å². The highest BCUT2D eigenvalue weighted by Crippen LogP contribution is 2.26. The van der Waals surface area contributed by atoms with Crippen molar-refractivity contribution in [1.29, 1.82) is 0 Å². The predicted octanol–water partition coefficient (Wildman–Crippen LogP) is 3.35.